The highest BCUT2D eigenvalue weighted by atomic mass is 16.1. The van der Waals surface area contributed by atoms with Gasteiger partial charge in [0, 0.05) is 36.4 Å². The van der Waals surface area contributed by atoms with Crippen molar-refractivity contribution in [1.82, 2.24) is 20.6 Å². The molecule has 34 heavy (non-hydrogen) atoms. The van der Waals surface area contributed by atoms with Crippen LogP contribution in [0.1, 0.15) is 79.7 Å². The molecule has 180 valence electrons. The van der Waals surface area contributed by atoms with Gasteiger partial charge in [0.1, 0.15) is 5.82 Å². The van der Waals surface area contributed by atoms with Gasteiger partial charge in [0.05, 0.1) is 17.1 Å². The molecule has 1 aliphatic carbocycles. The Morgan fingerprint density at radius 2 is 1.79 bits per heavy atom. The highest BCUT2D eigenvalue weighted by Gasteiger charge is 2.24. The second kappa shape index (κ2) is 10.2. The summed E-state index contributed by atoms with van der Waals surface area (Å²) in [5, 5.41) is 7.03. The second-order valence-electron chi connectivity index (χ2n) is 10.0. The molecule has 1 aromatic heterocycles. The summed E-state index contributed by atoms with van der Waals surface area (Å²) in [6.45, 7) is 6.36. The Balaban J connectivity index is 1.15. The van der Waals surface area contributed by atoms with Gasteiger partial charge in [0.25, 0.3) is 5.91 Å². The van der Waals surface area contributed by atoms with E-state index in [2.05, 4.69) is 64.7 Å². The van der Waals surface area contributed by atoms with Crippen LogP contribution < -0.4 is 15.5 Å². The number of hydrogen-bond acceptors (Lipinski definition) is 4. The van der Waals surface area contributed by atoms with E-state index in [0.717, 1.165) is 67.6 Å². The van der Waals surface area contributed by atoms with E-state index >= 15 is 0 Å². The summed E-state index contributed by atoms with van der Waals surface area (Å²) >= 11 is 0. The maximum atomic E-state index is 12.5. The number of anilines is 1. The van der Waals surface area contributed by atoms with E-state index in [4.69, 9.17) is 4.98 Å². The first-order chi connectivity index (χ1) is 16.6. The van der Waals surface area contributed by atoms with Gasteiger partial charge >= 0.3 is 0 Å². The molecule has 1 unspecified atom stereocenters. The van der Waals surface area contributed by atoms with Crippen LogP contribution in [0.5, 0.6) is 0 Å². The van der Waals surface area contributed by atoms with Gasteiger partial charge in [0.2, 0.25) is 0 Å². The summed E-state index contributed by atoms with van der Waals surface area (Å²) in [6.07, 6.45) is 7.88. The minimum Gasteiger partial charge on any atom is -0.371 e. The molecule has 3 N–H and O–H groups in total. The number of aromatic nitrogens is 2. The number of H-pyrrole nitrogens is 1. The number of rotatable bonds is 7. The lowest BCUT2D eigenvalue weighted by molar-refractivity contribution is 0.0938. The fourth-order valence-corrected chi connectivity index (χ4v) is 5.45. The number of carbonyl (C=O) groups is 1. The Hall–Kier alpha value is -2.86. The number of carbonyl (C=O) groups excluding carboxylic acids is 1. The minimum absolute atomic E-state index is 0.0627. The Labute approximate surface area is 202 Å². The molecule has 1 aliphatic heterocycles. The molecular weight excluding hydrogens is 422 g/mol. The van der Waals surface area contributed by atoms with Crippen LogP contribution in [0, 0.1) is 6.92 Å². The summed E-state index contributed by atoms with van der Waals surface area (Å²) in [6, 6.07) is 15.6. The van der Waals surface area contributed by atoms with Crippen molar-refractivity contribution < 1.29 is 4.79 Å². The van der Waals surface area contributed by atoms with Crippen molar-refractivity contribution in [3.05, 3.63) is 59.4 Å². The number of benzene rings is 2. The molecule has 1 saturated heterocycles. The van der Waals surface area contributed by atoms with E-state index in [9.17, 15) is 4.79 Å². The average molecular weight is 460 g/mol. The van der Waals surface area contributed by atoms with E-state index in [1.54, 1.807) is 0 Å². The van der Waals surface area contributed by atoms with Gasteiger partial charge in [-0.15, -0.1) is 0 Å². The highest BCUT2D eigenvalue weighted by Crippen LogP contribution is 2.25. The lowest BCUT2D eigenvalue weighted by Crippen LogP contribution is -2.44. The molecule has 6 heteroatoms. The second-order valence-corrected chi connectivity index (χ2v) is 10.0. The maximum Gasteiger partial charge on any atom is 0.251 e. The zero-order valence-electron chi connectivity index (χ0n) is 20.4. The number of aromatic amines is 1. The molecule has 1 amide bonds. The Bertz CT molecular complexity index is 1110. The number of imidazole rings is 1. The zero-order chi connectivity index (χ0) is 23.5. The third-order valence-corrected chi connectivity index (χ3v) is 7.51. The molecule has 0 spiro atoms. The van der Waals surface area contributed by atoms with Gasteiger partial charge in [-0.25, -0.2) is 4.98 Å². The van der Waals surface area contributed by atoms with Crippen LogP contribution in [0.4, 0.5) is 5.69 Å². The van der Waals surface area contributed by atoms with Crippen LogP contribution in [0.2, 0.25) is 0 Å². The summed E-state index contributed by atoms with van der Waals surface area (Å²) < 4.78 is 0. The van der Waals surface area contributed by atoms with Crippen molar-refractivity contribution in [2.75, 3.05) is 18.0 Å². The Kier molecular flexibility index (Phi) is 6.86. The van der Waals surface area contributed by atoms with Crippen molar-refractivity contribution >= 4 is 22.6 Å². The summed E-state index contributed by atoms with van der Waals surface area (Å²) in [4.78, 5) is 23.3. The van der Waals surface area contributed by atoms with Crippen LogP contribution in [0.15, 0.2) is 42.5 Å². The molecule has 1 saturated carbocycles. The SMILES string of the molecule is CCC(NC1CCN(c2ccc(C(=O)NC3CCCC3)cc2)CC1)c1nc2ccc(C)cc2[nH]1. The fourth-order valence-electron chi connectivity index (χ4n) is 5.45. The van der Waals surface area contributed by atoms with Crippen molar-refractivity contribution in [2.45, 2.75) is 76.9 Å². The standard InChI is InChI=1S/C28H37N5O/c1-3-24(27-31-25-13-8-19(2)18-26(25)32-27)29-22-14-16-33(17-15-22)23-11-9-20(10-12-23)28(34)30-21-6-4-5-7-21/h8-13,18,21-22,24,29H,3-7,14-17H2,1-2H3,(H,30,34)(H,31,32). The fraction of sp³-hybridized carbons (Fsp3) is 0.500. The van der Waals surface area contributed by atoms with Crippen molar-refractivity contribution in [3.63, 3.8) is 0 Å². The molecule has 2 fully saturated rings. The highest BCUT2D eigenvalue weighted by molar-refractivity contribution is 5.94. The number of amides is 1. The van der Waals surface area contributed by atoms with Crippen molar-refractivity contribution in [2.24, 2.45) is 0 Å². The van der Waals surface area contributed by atoms with Crippen molar-refractivity contribution in [3.8, 4) is 0 Å². The predicted octanol–water partition coefficient (Wildman–Crippen LogP) is 5.25. The predicted molar refractivity (Wildman–Crippen MR) is 138 cm³/mol. The molecule has 2 aromatic carbocycles. The summed E-state index contributed by atoms with van der Waals surface area (Å²) in [5.41, 5.74) is 5.37. The average Bonchev–Trinajstić information content (AvgIpc) is 3.52. The molecule has 0 radical (unpaired) electrons. The molecule has 0 bridgehead atoms. The van der Waals surface area contributed by atoms with Crippen LogP contribution in [-0.4, -0.2) is 41.0 Å². The smallest absolute Gasteiger partial charge is 0.251 e. The first-order valence-corrected chi connectivity index (χ1v) is 13.0. The number of aryl methyl sites for hydroxylation is 1. The molecular formula is C28H37N5O. The van der Waals surface area contributed by atoms with Gasteiger partial charge in [-0.1, -0.05) is 25.8 Å². The van der Waals surface area contributed by atoms with Crippen LogP contribution in [0.25, 0.3) is 11.0 Å². The van der Waals surface area contributed by atoms with E-state index in [1.165, 1.54) is 24.1 Å². The summed E-state index contributed by atoms with van der Waals surface area (Å²) in [7, 11) is 0. The first kappa shape index (κ1) is 22.9. The van der Waals surface area contributed by atoms with E-state index in [1.807, 2.05) is 12.1 Å². The third-order valence-electron chi connectivity index (χ3n) is 7.51. The summed E-state index contributed by atoms with van der Waals surface area (Å²) in [5.74, 6) is 1.10. The topological polar surface area (TPSA) is 73.1 Å². The van der Waals surface area contributed by atoms with Gasteiger partial charge in [-0.3, -0.25) is 4.79 Å². The molecule has 3 aromatic rings. The first-order valence-electron chi connectivity index (χ1n) is 13.0. The number of fused-ring (bicyclic) bond motifs is 1. The lowest BCUT2D eigenvalue weighted by Gasteiger charge is -2.35. The van der Waals surface area contributed by atoms with Crippen molar-refractivity contribution in [1.29, 1.82) is 0 Å². The number of hydrogen-bond donors (Lipinski definition) is 3. The number of nitrogens with zero attached hydrogens (tertiary/aromatic N) is 2. The largest absolute Gasteiger partial charge is 0.371 e. The van der Waals surface area contributed by atoms with Gasteiger partial charge < -0.3 is 20.5 Å². The monoisotopic (exact) mass is 459 g/mol. The van der Waals surface area contributed by atoms with E-state index < -0.39 is 0 Å². The van der Waals surface area contributed by atoms with Crippen LogP contribution >= 0.6 is 0 Å². The maximum absolute atomic E-state index is 12.5. The Morgan fingerprint density at radius 3 is 2.50 bits per heavy atom. The zero-order valence-corrected chi connectivity index (χ0v) is 20.4. The molecule has 5 rings (SSSR count). The number of nitrogens with one attached hydrogen (secondary N) is 3. The van der Waals surface area contributed by atoms with Crippen LogP contribution in [-0.2, 0) is 0 Å². The van der Waals surface area contributed by atoms with Crippen LogP contribution in [0.3, 0.4) is 0 Å². The molecule has 2 aliphatic rings. The molecule has 6 nitrogen and oxygen atoms in total. The third kappa shape index (κ3) is 5.12. The molecule has 2 heterocycles. The molecule has 1 atom stereocenters. The van der Waals surface area contributed by atoms with E-state index in [0.29, 0.717) is 12.1 Å². The Morgan fingerprint density at radius 1 is 1.06 bits per heavy atom. The normalized spacial score (nSPS) is 18.5. The van der Waals surface area contributed by atoms with E-state index in [-0.39, 0.29) is 11.9 Å². The van der Waals surface area contributed by atoms with Gasteiger partial charge in [-0.2, -0.15) is 0 Å². The quantitative estimate of drug-likeness (QED) is 0.451. The lowest BCUT2D eigenvalue weighted by atomic mass is 10.0. The van der Waals surface area contributed by atoms with Gasteiger partial charge in [-0.05, 0) is 81.0 Å². The minimum atomic E-state index is 0.0627. The number of piperidine rings is 1. The van der Waals surface area contributed by atoms with Gasteiger partial charge in [0.15, 0.2) is 0 Å².